The smallest absolute Gasteiger partial charge is 0.376 e. The van der Waals surface area contributed by atoms with E-state index in [1.807, 2.05) is 13.8 Å². The summed E-state index contributed by atoms with van der Waals surface area (Å²) < 4.78 is 44.6. The Morgan fingerprint density at radius 3 is 1.37 bits per heavy atom. The summed E-state index contributed by atoms with van der Waals surface area (Å²) in [5.74, 6) is 0. The Morgan fingerprint density at radius 1 is 0.600 bits per heavy atom. The van der Waals surface area contributed by atoms with Crippen molar-refractivity contribution >= 4 is 7.82 Å². The Hall–Kier alpha value is -0.0500. The van der Waals surface area contributed by atoms with Gasteiger partial charge in [-0.3, -0.25) is 9.05 Å². The molecule has 0 saturated heterocycles. The van der Waals surface area contributed by atoms with E-state index in [2.05, 4.69) is 27.7 Å². The van der Waals surface area contributed by atoms with E-state index in [4.69, 9.17) is 28.0 Å². The molecule has 0 saturated carbocycles. The molecule has 0 heterocycles. The zero-order valence-electron chi connectivity index (χ0n) is 23.4. The minimum Gasteiger partial charge on any atom is -0.376 e. The maximum absolute atomic E-state index is 11.9. The lowest BCUT2D eigenvalue weighted by atomic mass is 10.1. The van der Waals surface area contributed by atoms with Crippen LogP contribution in [-0.4, -0.2) is 69.0 Å². The Labute approximate surface area is 215 Å². The van der Waals surface area contributed by atoms with Crippen molar-refractivity contribution in [2.75, 3.05) is 39.6 Å². The van der Waals surface area contributed by atoms with E-state index in [1.165, 1.54) is 51.4 Å². The molecule has 0 aromatic rings. The predicted octanol–water partition coefficient (Wildman–Crippen LogP) is 6.68. The van der Waals surface area contributed by atoms with Gasteiger partial charge in [0.05, 0.1) is 64.1 Å². The highest BCUT2D eigenvalue weighted by Crippen LogP contribution is 2.42. The largest absolute Gasteiger partial charge is 0.472 e. The van der Waals surface area contributed by atoms with E-state index < -0.39 is 7.82 Å². The molecule has 0 spiro atoms. The van der Waals surface area contributed by atoms with Gasteiger partial charge in [0.1, 0.15) is 0 Å². The highest BCUT2D eigenvalue weighted by Gasteiger charge is 2.20. The van der Waals surface area contributed by atoms with Gasteiger partial charge >= 0.3 is 7.82 Å². The fourth-order valence-corrected chi connectivity index (χ4v) is 4.37. The fourth-order valence-electron chi connectivity index (χ4n) is 3.68. The lowest BCUT2D eigenvalue weighted by Crippen LogP contribution is -2.23. The summed E-state index contributed by atoms with van der Waals surface area (Å²) >= 11 is 0. The molecular weight excluding hydrogens is 471 g/mol. The van der Waals surface area contributed by atoms with Crippen molar-refractivity contribution in [1.82, 2.24) is 0 Å². The molecule has 0 aliphatic heterocycles. The van der Waals surface area contributed by atoms with Crippen LogP contribution >= 0.6 is 7.82 Å². The third-order valence-corrected chi connectivity index (χ3v) is 6.54. The van der Waals surface area contributed by atoms with Gasteiger partial charge in [0.15, 0.2) is 0 Å². The van der Waals surface area contributed by atoms with Gasteiger partial charge in [0.2, 0.25) is 0 Å². The van der Waals surface area contributed by atoms with Crippen molar-refractivity contribution in [2.45, 2.75) is 130 Å². The van der Waals surface area contributed by atoms with Crippen LogP contribution in [0.5, 0.6) is 0 Å². The van der Waals surface area contributed by atoms with Crippen LogP contribution in [0.4, 0.5) is 0 Å². The number of phosphoric ester groups is 1. The van der Waals surface area contributed by atoms with Gasteiger partial charge in [0, 0.05) is 0 Å². The second-order valence-electron chi connectivity index (χ2n) is 9.50. The summed E-state index contributed by atoms with van der Waals surface area (Å²) in [7, 11) is -4.13. The van der Waals surface area contributed by atoms with Crippen LogP contribution in [0, 0.1) is 0 Å². The number of rotatable bonds is 26. The predicted molar refractivity (Wildman–Crippen MR) is 141 cm³/mol. The average Bonchev–Trinajstić information content (AvgIpc) is 2.79. The number of hydrogen-bond acceptors (Lipinski definition) is 7. The topological polar surface area (TPSA) is 92.7 Å². The van der Waals surface area contributed by atoms with Crippen LogP contribution in [0.25, 0.3) is 0 Å². The quantitative estimate of drug-likeness (QED) is 0.0985. The molecule has 0 aliphatic carbocycles. The second kappa shape index (κ2) is 23.1. The van der Waals surface area contributed by atoms with E-state index in [0.717, 1.165) is 12.8 Å². The molecular formula is C26H55O8P. The van der Waals surface area contributed by atoms with Crippen LogP contribution in [0.15, 0.2) is 0 Å². The van der Waals surface area contributed by atoms with Gasteiger partial charge in [-0.2, -0.15) is 0 Å². The summed E-state index contributed by atoms with van der Waals surface area (Å²) in [6, 6.07) is 0. The third kappa shape index (κ3) is 24.1. The van der Waals surface area contributed by atoms with Crippen molar-refractivity contribution in [2.24, 2.45) is 0 Å². The average molecular weight is 527 g/mol. The summed E-state index contributed by atoms with van der Waals surface area (Å²) in [6.45, 7) is 13.6. The first-order chi connectivity index (χ1) is 16.7. The number of hydrogen-bond donors (Lipinski definition) is 1. The van der Waals surface area contributed by atoms with Crippen LogP contribution in [0.3, 0.4) is 0 Å². The van der Waals surface area contributed by atoms with E-state index >= 15 is 0 Å². The molecule has 0 fully saturated rings. The molecule has 0 radical (unpaired) electrons. The molecule has 9 heteroatoms. The molecule has 0 amide bonds. The Morgan fingerprint density at radius 2 is 1.00 bits per heavy atom. The van der Waals surface area contributed by atoms with Gasteiger partial charge < -0.3 is 23.8 Å². The summed E-state index contributed by atoms with van der Waals surface area (Å²) in [6.07, 6.45) is 12.3. The first kappa shape index (κ1) is 35.0. The lowest BCUT2D eigenvalue weighted by molar-refractivity contribution is -0.0516. The molecule has 8 nitrogen and oxygen atoms in total. The maximum atomic E-state index is 11.9. The number of ether oxygens (including phenoxy) is 4. The van der Waals surface area contributed by atoms with Gasteiger partial charge in [-0.05, 0) is 40.5 Å². The minimum absolute atomic E-state index is 0.0328. The van der Waals surface area contributed by atoms with Crippen molar-refractivity contribution in [3.05, 3.63) is 0 Å². The lowest BCUT2D eigenvalue weighted by Gasteiger charge is -2.20. The zero-order chi connectivity index (χ0) is 26.4. The Balaban J connectivity index is 3.71. The van der Waals surface area contributed by atoms with E-state index in [9.17, 15) is 9.46 Å². The number of phosphoric acid groups is 1. The van der Waals surface area contributed by atoms with Crippen LogP contribution in [-0.2, 0) is 32.6 Å². The fraction of sp³-hybridized carbons (Fsp3) is 1.00. The summed E-state index contributed by atoms with van der Waals surface area (Å²) in [5.41, 5.74) is 0. The first-order valence-electron chi connectivity index (χ1n) is 13.8. The Kier molecular flexibility index (Phi) is 23.1. The van der Waals surface area contributed by atoms with Crippen molar-refractivity contribution < 1.29 is 37.5 Å². The van der Waals surface area contributed by atoms with E-state index in [-0.39, 0.29) is 50.8 Å². The van der Waals surface area contributed by atoms with Gasteiger partial charge in [0.25, 0.3) is 0 Å². The standard InChI is InChI=1S/C26H55O8P/c1-7-9-11-13-15-23(3)33-25(5)21-29-17-19-31-35(27,28)32-20-18-30-22-26(6)34-24(4)16-14-12-10-8-2/h23-26H,7-22H2,1-6H3,(H,27,28). The van der Waals surface area contributed by atoms with Crippen molar-refractivity contribution in [3.63, 3.8) is 0 Å². The molecule has 0 rings (SSSR count). The molecule has 4 atom stereocenters. The zero-order valence-corrected chi connectivity index (χ0v) is 24.3. The highest BCUT2D eigenvalue weighted by atomic mass is 31.2. The summed E-state index contributed by atoms with van der Waals surface area (Å²) in [4.78, 5) is 9.76. The van der Waals surface area contributed by atoms with Gasteiger partial charge in [-0.25, -0.2) is 4.57 Å². The minimum atomic E-state index is -4.13. The molecule has 0 aromatic carbocycles. The molecule has 35 heavy (non-hydrogen) atoms. The number of unbranched alkanes of at least 4 members (excludes halogenated alkanes) is 6. The molecule has 1 N–H and O–H groups in total. The van der Waals surface area contributed by atoms with Crippen molar-refractivity contribution in [1.29, 1.82) is 0 Å². The molecule has 0 aliphatic rings. The van der Waals surface area contributed by atoms with Gasteiger partial charge in [-0.1, -0.05) is 65.2 Å². The molecule has 4 unspecified atom stereocenters. The SMILES string of the molecule is CCCCCCC(C)OC(C)COCCOP(=O)(O)OCCOCC(C)OC(C)CCCCCC. The maximum Gasteiger partial charge on any atom is 0.472 e. The first-order valence-corrected chi connectivity index (χ1v) is 15.3. The third-order valence-electron chi connectivity index (χ3n) is 5.53. The summed E-state index contributed by atoms with van der Waals surface area (Å²) in [5, 5.41) is 0. The van der Waals surface area contributed by atoms with Crippen LogP contribution in [0.2, 0.25) is 0 Å². The molecule has 212 valence electrons. The second-order valence-corrected chi connectivity index (χ2v) is 11.0. The molecule has 0 bridgehead atoms. The van der Waals surface area contributed by atoms with Gasteiger partial charge in [-0.15, -0.1) is 0 Å². The van der Waals surface area contributed by atoms with E-state index in [0.29, 0.717) is 13.2 Å². The van der Waals surface area contributed by atoms with Crippen LogP contribution < -0.4 is 0 Å². The van der Waals surface area contributed by atoms with Crippen LogP contribution in [0.1, 0.15) is 106 Å². The highest BCUT2D eigenvalue weighted by molar-refractivity contribution is 7.47. The monoisotopic (exact) mass is 526 g/mol. The van der Waals surface area contributed by atoms with E-state index in [1.54, 1.807) is 0 Å². The molecule has 0 aromatic heterocycles. The Bertz CT molecular complexity index is 468. The normalized spacial score (nSPS) is 17.1. The van der Waals surface area contributed by atoms with Crippen molar-refractivity contribution in [3.8, 4) is 0 Å².